The van der Waals surface area contributed by atoms with Crippen molar-refractivity contribution in [3.8, 4) is 0 Å². The van der Waals surface area contributed by atoms with Gasteiger partial charge < -0.3 is 10.0 Å². The van der Waals surface area contributed by atoms with Crippen LogP contribution in [0.3, 0.4) is 0 Å². The van der Waals surface area contributed by atoms with E-state index in [1.54, 1.807) is 0 Å². The van der Waals surface area contributed by atoms with E-state index in [9.17, 15) is 9.90 Å². The third-order valence-corrected chi connectivity index (χ3v) is 3.51. The van der Waals surface area contributed by atoms with E-state index >= 15 is 0 Å². The number of hydrogen-bond donors (Lipinski definition) is 1. The number of carbonyl (C=O) groups is 1. The Morgan fingerprint density at radius 1 is 1.29 bits per heavy atom. The smallest absolute Gasteiger partial charge is 0.227 e. The van der Waals surface area contributed by atoms with E-state index in [-0.39, 0.29) is 24.5 Å². The first kappa shape index (κ1) is 12.1. The van der Waals surface area contributed by atoms with Crippen molar-refractivity contribution in [2.24, 2.45) is 5.92 Å². The van der Waals surface area contributed by atoms with Crippen LogP contribution in [-0.4, -0.2) is 23.7 Å². The standard InChI is InChI=1S/C14H19NO2/c1-9-4-10(2)6-13(5-9)15-11(3)12(8-16)7-14(15)17/h4-6,11-12,16H,7-8H2,1-3H3. The van der Waals surface area contributed by atoms with Crippen molar-refractivity contribution in [3.05, 3.63) is 29.3 Å². The molecule has 17 heavy (non-hydrogen) atoms. The van der Waals surface area contributed by atoms with Gasteiger partial charge in [-0.1, -0.05) is 6.07 Å². The fourth-order valence-electron chi connectivity index (χ4n) is 2.62. The Morgan fingerprint density at radius 3 is 2.35 bits per heavy atom. The molecule has 3 heteroatoms. The van der Waals surface area contributed by atoms with Crippen LogP contribution in [0.1, 0.15) is 24.5 Å². The molecule has 1 N–H and O–H groups in total. The quantitative estimate of drug-likeness (QED) is 0.849. The molecule has 92 valence electrons. The summed E-state index contributed by atoms with van der Waals surface area (Å²) in [5, 5.41) is 9.25. The summed E-state index contributed by atoms with van der Waals surface area (Å²) >= 11 is 0. The first-order valence-electron chi connectivity index (χ1n) is 6.04. The van der Waals surface area contributed by atoms with Crippen LogP contribution in [0.25, 0.3) is 0 Å². The molecule has 0 aliphatic carbocycles. The molecular weight excluding hydrogens is 214 g/mol. The molecule has 0 aromatic heterocycles. The number of aliphatic hydroxyl groups excluding tert-OH is 1. The zero-order valence-corrected chi connectivity index (χ0v) is 10.6. The fourth-order valence-corrected chi connectivity index (χ4v) is 2.62. The van der Waals surface area contributed by atoms with Gasteiger partial charge in [0.05, 0.1) is 0 Å². The zero-order valence-electron chi connectivity index (χ0n) is 10.6. The summed E-state index contributed by atoms with van der Waals surface area (Å²) < 4.78 is 0. The minimum atomic E-state index is 0.0586. The van der Waals surface area contributed by atoms with Crippen molar-refractivity contribution in [2.75, 3.05) is 11.5 Å². The molecule has 2 unspecified atom stereocenters. The zero-order chi connectivity index (χ0) is 12.6. The second-order valence-electron chi connectivity index (χ2n) is 5.00. The van der Waals surface area contributed by atoms with Crippen molar-refractivity contribution in [2.45, 2.75) is 33.2 Å². The van der Waals surface area contributed by atoms with Crippen LogP contribution >= 0.6 is 0 Å². The third-order valence-electron chi connectivity index (χ3n) is 3.51. The number of carbonyl (C=O) groups excluding carboxylic acids is 1. The highest BCUT2D eigenvalue weighted by Crippen LogP contribution is 2.31. The maximum Gasteiger partial charge on any atom is 0.227 e. The lowest BCUT2D eigenvalue weighted by Gasteiger charge is -2.25. The summed E-state index contributed by atoms with van der Waals surface area (Å²) in [5.41, 5.74) is 3.27. The number of aryl methyl sites for hydroxylation is 2. The van der Waals surface area contributed by atoms with Crippen LogP contribution in [0.4, 0.5) is 5.69 Å². The van der Waals surface area contributed by atoms with Gasteiger partial charge in [-0.3, -0.25) is 4.79 Å². The topological polar surface area (TPSA) is 40.5 Å². The Kier molecular flexibility index (Phi) is 3.20. The summed E-state index contributed by atoms with van der Waals surface area (Å²) in [5.74, 6) is 0.171. The van der Waals surface area contributed by atoms with Crippen molar-refractivity contribution in [3.63, 3.8) is 0 Å². The van der Waals surface area contributed by atoms with E-state index in [4.69, 9.17) is 0 Å². The van der Waals surface area contributed by atoms with Gasteiger partial charge in [-0.25, -0.2) is 0 Å². The molecule has 2 atom stereocenters. The second kappa shape index (κ2) is 4.49. The van der Waals surface area contributed by atoms with Crippen molar-refractivity contribution < 1.29 is 9.90 Å². The predicted molar refractivity (Wildman–Crippen MR) is 68.1 cm³/mol. The van der Waals surface area contributed by atoms with E-state index in [0.717, 1.165) is 16.8 Å². The Balaban J connectivity index is 2.36. The van der Waals surface area contributed by atoms with Crippen LogP contribution in [0.15, 0.2) is 18.2 Å². The van der Waals surface area contributed by atoms with Gasteiger partial charge >= 0.3 is 0 Å². The van der Waals surface area contributed by atoms with Gasteiger partial charge in [-0.05, 0) is 44.0 Å². The molecule has 0 bridgehead atoms. The average molecular weight is 233 g/mol. The lowest BCUT2D eigenvalue weighted by atomic mass is 10.0. The lowest BCUT2D eigenvalue weighted by molar-refractivity contribution is -0.117. The van der Waals surface area contributed by atoms with E-state index in [0.29, 0.717) is 6.42 Å². The summed E-state index contributed by atoms with van der Waals surface area (Å²) in [6.45, 7) is 6.15. The minimum Gasteiger partial charge on any atom is -0.396 e. The highest BCUT2D eigenvalue weighted by Gasteiger charge is 2.37. The van der Waals surface area contributed by atoms with E-state index < -0.39 is 0 Å². The van der Waals surface area contributed by atoms with Crippen LogP contribution in [0.2, 0.25) is 0 Å². The SMILES string of the molecule is Cc1cc(C)cc(N2C(=O)CC(CO)C2C)c1. The number of anilines is 1. The van der Waals surface area contributed by atoms with E-state index in [1.165, 1.54) is 0 Å². The first-order chi connectivity index (χ1) is 8.02. The van der Waals surface area contributed by atoms with Gasteiger partial charge in [0.15, 0.2) is 0 Å². The Morgan fingerprint density at radius 2 is 1.88 bits per heavy atom. The van der Waals surface area contributed by atoms with Gasteiger partial charge in [0, 0.05) is 30.7 Å². The number of hydrogen-bond acceptors (Lipinski definition) is 2. The fraction of sp³-hybridized carbons (Fsp3) is 0.500. The normalized spacial score (nSPS) is 24.5. The Labute approximate surface area is 102 Å². The van der Waals surface area contributed by atoms with Gasteiger partial charge in [0.25, 0.3) is 0 Å². The largest absolute Gasteiger partial charge is 0.396 e. The maximum atomic E-state index is 12.0. The first-order valence-corrected chi connectivity index (χ1v) is 6.04. The summed E-state index contributed by atoms with van der Waals surface area (Å²) in [7, 11) is 0. The van der Waals surface area contributed by atoms with Crippen molar-refractivity contribution in [1.29, 1.82) is 0 Å². The van der Waals surface area contributed by atoms with Gasteiger partial charge in [-0.15, -0.1) is 0 Å². The molecule has 1 amide bonds. The number of nitrogens with zero attached hydrogens (tertiary/aromatic N) is 1. The number of benzene rings is 1. The average Bonchev–Trinajstić information content (AvgIpc) is 2.52. The monoisotopic (exact) mass is 233 g/mol. The Bertz CT molecular complexity index is 422. The Hall–Kier alpha value is -1.35. The predicted octanol–water partition coefficient (Wildman–Crippen LogP) is 2.04. The molecule has 3 nitrogen and oxygen atoms in total. The third kappa shape index (κ3) is 2.20. The molecular formula is C14H19NO2. The van der Waals surface area contributed by atoms with Crippen molar-refractivity contribution >= 4 is 11.6 Å². The van der Waals surface area contributed by atoms with Gasteiger partial charge in [-0.2, -0.15) is 0 Å². The highest BCUT2D eigenvalue weighted by molar-refractivity contribution is 5.96. The molecule has 0 spiro atoms. The number of rotatable bonds is 2. The molecule has 1 saturated heterocycles. The maximum absolute atomic E-state index is 12.0. The van der Waals surface area contributed by atoms with Gasteiger partial charge in [0.1, 0.15) is 0 Å². The highest BCUT2D eigenvalue weighted by atomic mass is 16.3. The molecule has 1 fully saturated rings. The number of aliphatic hydroxyl groups is 1. The molecule has 1 aliphatic heterocycles. The van der Waals surface area contributed by atoms with Crippen molar-refractivity contribution in [1.82, 2.24) is 0 Å². The molecule has 1 aromatic carbocycles. The van der Waals surface area contributed by atoms with Gasteiger partial charge in [0.2, 0.25) is 5.91 Å². The molecule has 0 radical (unpaired) electrons. The molecule has 2 rings (SSSR count). The molecule has 0 saturated carbocycles. The van der Waals surface area contributed by atoms with Crippen LogP contribution < -0.4 is 4.90 Å². The lowest BCUT2D eigenvalue weighted by Crippen LogP contribution is -2.33. The number of amides is 1. The molecule has 1 aliphatic rings. The summed E-state index contributed by atoms with van der Waals surface area (Å²) in [4.78, 5) is 13.8. The summed E-state index contributed by atoms with van der Waals surface area (Å²) in [6, 6.07) is 6.23. The van der Waals surface area contributed by atoms with Crippen LogP contribution in [0, 0.1) is 19.8 Å². The van der Waals surface area contributed by atoms with E-state index in [2.05, 4.69) is 6.07 Å². The minimum absolute atomic E-state index is 0.0586. The van der Waals surface area contributed by atoms with Crippen LogP contribution in [0.5, 0.6) is 0 Å². The molecule has 1 aromatic rings. The molecule has 1 heterocycles. The van der Waals surface area contributed by atoms with Crippen LogP contribution in [-0.2, 0) is 4.79 Å². The second-order valence-corrected chi connectivity index (χ2v) is 5.00. The summed E-state index contributed by atoms with van der Waals surface area (Å²) in [6.07, 6.45) is 0.449. The van der Waals surface area contributed by atoms with E-state index in [1.807, 2.05) is 37.8 Å².